The first-order chi connectivity index (χ1) is 10.9. The zero-order valence-electron chi connectivity index (χ0n) is 13.4. The SMILES string of the molecule is CCOCC1(C)CC(C(=O)OCC)=NN1c1ccc(Cl)cc1Cl. The van der Waals surface area contributed by atoms with Gasteiger partial charge >= 0.3 is 5.97 Å². The Hall–Kier alpha value is -1.30. The topological polar surface area (TPSA) is 51.1 Å². The molecule has 5 nitrogen and oxygen atoms in total. The fraction of sp³-hybridized carbons (Fsp3) is 0.500. The number of esters is 1. The van der Waals surface area contributed by atoms with Gasteiger partial charge in [-0.3, -0.25) is 5.01 Å². The van der Waals surface area contributed by atoms with Crippen molar-refractivity contribution in [1.29, 1.82) is 0 Å². The largest absolute Gasteiger partial charge is 0.461 e. The molecular weight excluding hydrogens is 339 g/mol. The number of nitrogens with zero attached hydrogens (tertiary/aromatic N) is 2. The van der Waals surface area contributed by atoms with Gasteiger partial charge in [-0.2, -0.15) is 5.10 Å². The van der Waals surface area contributed by atoms with E-state index in [1.807, 2.05) is 13.8 Å². The molecule has 0 aliphatic carbocycles. The van der Waals surface area contributed by atoms with Crippen molar-refractivity contribution in [2.75, 3.05) is 24.8 Å². The molecular formula is C16H20Cl2N2O3. The standard InChI is InChI=1S/C16H20Cl2N2O3/c1-4-22-10-16(3)9-13(15(21)23-5-2)19-20(16)14-7-6-11(17)8-12(14)18/h6-8H,4-5,9-10H2,1-3H3. The molecule has 2 rings (SSSR count). The lowest BCUT2D eigenvalue weighted by atomic mass is 9.96. The van der Waals surface area contributed by atoms with Gasteiger partial charge in [-0.25, -0.2) is 4.79 Å². The van der Waals surface area contributed by atoms with E-state index in [9.17, 15) is 4.79 Å². The van der Waals surface area contributed by atoms with Crippen LogP contribution < -0.4 is 5.01 Å². The van der Waals surface area contributed by atoms with Crippen LogP contribution in [0.3, 0.4) is 0 Å². The predicted octanol–water partition coefficient (Wildman–Crippen LogP) is 3.92. The fourth-order valence-corrected chi connectivity index (χ4v) is 2.96. The zero-order valence-corrected chi connectivity index (χ0v) is 14.9. The van der Waals surface area contributed by atoms with Crippen molar-refractivity contribution in [2.24, 2.45) is 5.10 Å². The van der Waals surface area contributed by atoms with Crippen LogP contribution in [-0.4, -0.2) is 37.0 Å². The highest BCUT2D eigenvalue weighted by Crippen LogP contribution is 2.38. The minimum Gasteiger partial charge on any atom is -0.461 e. The average Bonchev–Trinajstić information content (AvgIpc) is 2.84. The lowest BCUT2D eigenvalue weighted by molar-refractivity contribution is -0.135. The van der Waals surface area contributed by atoms with Crippen LogP contribution in [-0.2, 0) is 14.3 Å². The summed E-state index contributed by atoms with van der Waals surface area (Å²) >= 11 is 12.3. The number of anilines is 1. The van der Waals surface area contributed by atoms with E-state index in [0.717, 1.165) is 0 Å². The molecule has 0 spiro atoms. The summed E-state index contributed by atoms with van der Waals surface area (Å²) in [5.41, 5.74) is 0.521. The molecule has 0 aromatic heterocycles. The number of hydrazone groups is 1. The number of carbonyl (C=O) groups is 1. The molecule has 1 aromatic rings. The van der Waals surface area contributed by atoms with Crippen LogP contribution >= 0.6 is 23.2 Å². The molecule has 0 bridgehead atoms. The van der Waals surface area contributed by atoms with Gasteiger partial charge in [0.05, 0.1) is 29.5 Å². The van der Waals surface area contributed by atoms with Gasteiger partial charge in [0.25, 0.3) is 0 Å². The molecule has 126 valence electrons. The Kier molecular flexibility index (Phi) is 5.89. The summed E-state index contributed by atoms with van der Waals surface area (Å²) < 4.78 is 10.7. The number of ether oxygens (including phenoxy) is 2. The molecule has 0 saturated heterocycles. The zero-order chi connectivity index (χ0) is 17.0. The summed E-state index contributed by atoms with van der Waals surface area (Å²) in [7, 11) is 0. The smallest absolute Gasteiger partial charge is 0.354 e. The molecule has 1 atom stereocenters. The van der Waals surface area contributed by atoms with Gasteiger partial charge in [0.1, 0.15) is 5.71 Å². The van der Waals surface area contributed by atoms with E-state index in [2.05, 4.69) is 5.10 Å². The van der Waals surface area contributed by atoms with Crippen LogP contribution in [0.5, 0.6) is 0 Å². The molecule has 7 heteroatoms. The first-order valence-corrected chi connectivity index (χ1v) is 8.24. The molecule has 1 aliphatic rings. The van der Waals surface area contributed by atoms with Crippen molar-refractivity contribution in [3.8, 4) is 0 Å². The minimum absolute atomic E-state index is 0.307. The summed E-state index contributed by atoms with van der Waals surface area (Å²) in [6.07, 6.45) is 0.421. The van der Waals surface area contributed by atoms with Crippen LogP contribution in [0, 0.1) is 0 Å². The number of rotatable bonds is 6. The third-order valence-electron chi connectivity index (χ3n) is 3.55. The van der Waals surface area contributed by atoms with Crippen molar-refractivity contribution < 1.29 is 14.3 Å². The number of hydrogen-bond donors (Lipinski definition) is 0. The average molecular weight is 359 g/mol. The first-order valence-electron chi connectivity index (χ1n) is 7.49. The number of halogens is 2. The summed E-state index contributed by atoms with van der Waals surface area (Å²) in [5, 5.41) is 7.18. The Morgan fingerprint density at radius 1 is 1.35 bits per heavy atom. The van der Waals surface area contributed by atoms with Crippen molar-refractivity contribution >= 4 is 40.6 Å². The van der Waals surface area contributed by atoms with Crippen LogP contribution in [0.2, 0.25) is 10.0 Å². The van der Waals surface area contributed by atoms with Crippen LogP contribution in [0.4, 0.5) is 5.69 Å². The second kappa shape index (κ2) is 7.51. The predicted molar refractivity (Wildman–Crippen MR) is 92.5 cm³/mol. The molecule has 1 unspecified atom stereocenters. The maximum Gasteiger partial charge on any atom is 0.354 e. The maximum absolute atomic E-state index is 12.0. The van der Waals surface area contributed by atoms with Gasteiger partial charge in [0, 0.05) is 18.1 Å². The first kappa shape index (κ1) is 18.0. The molecule has 0 radical (unpaired) electrons. The van der Waals surface area contributed by atoms with E-state index in [0.29, 0.717) is 47.7 Å². The second-order valence-corrected chi connectivity index (χ2v) is 6.33. The normalized spacial score (nSPS) is 20.6. The van der Waals surface area contributed by atoms with Gasteiger partial charge < -0.3 is 9.47 Å². The summed E-state index contributed by atoms with van der Waals surface area (Å²) in [5.74, 6) is -0.414. The van der Waals surface area contributed by atoms with Gasteiger partial charge in [0.2, 0.25) is 0 Å². The van der Waals surface area contributed by atoms with Crippen molar-refractivity contribution in [3.63, 3.8) is 0 Å². The Bertz CT molecular complexity index is 621. The highest BCUT2D eigenvalue weighted by Gasteiger charge is 2.43. The van der Waals surface area contributed by atoms with Gasteiger partial charge in [-0.1, -0.05) is 23.2 Å². The van der Waals surface area contributed by atoms with E-state index >= 15 is 0 Å². The summed E-state index contributed by atoms with van der Waals surface area (Å²) in [6, 6.07) is 5.17. The molecule has 1 heterocycles. The van der Waals surface area contributed by atoms with E-state index in [4.69, 9.17) is 32.7 Å². The molecule has 1 aromatic carbocycles. The maximum atomic E-state index is 12.0. The van der Waals surface area contributed by atoms with E-state index in [1.54, 1.807) is 30.1 Å². The number of carbonyl (C=O) groups excluding carboxylic acids is 1. The lowest BCUT2D eigenvalue weighted by Crippen LogP contribution is -2.44. The minimum atomic E-state index is -0.518. The van der Waals surface area contributed by atoms with Crippen LogP contribution in [0.15, 0.2) is 23.3 Å². The monoisotopic (exact) mass is 358 g/mol. The lowest BCUT2D eigenvalue weighted by Gasteiger charge is -2.34. The highest BCUT2D eigenvalue weighted by atomic mass is 35.5. The Balaban J connectivity index is 2.38. The Morgan fingerprint density at radius 3 is 2.70 bits per heavy atom. The molecule has 23 heavy (non-hydrogen) atoms. The van der Waals surface area contributed by atoms with Crippen molar-refractivity contribution in [3.05, 3.63) is 28.2 Å². The van der Waals surface area contributed by atoms with Gasteiger partial charge in [-0.05, 0) is 39.0 Å². The Morgan fingerprint density at radius 2 is 2.09 bits per heavy atom. The van der Waals surface area contributed by atoms with Crippen molar-refractivity contribution in [1.82, 2.24) is 0 Å². The summed E-state index contributed by atoms with van der Waals surface area (Å²) in [6.45, 7) is 6.96. The third kappa shape index (κ3) is 3.97. The van der Waals surface area contributed by atoms with Gasteiger partial charge in [0.15, 0.2) is 0 Å². The molecule has 0 fully saturated rings. The fourth-order valence-electron chi connectivity index (χ4n) is 2.47. The molecule has 0 N–H and O–H groups in total. The second-order valence-electron chi connectivity index (χ2n) is 5.49. The van der Waals surface area contributed by atoms with E-state index in [1.165, 1.54) is 0 Å². The quantitative estimate of drug-likeness (QED) is 0.723. The third-order valence-corrected chi connectivity index (χ3v) is 4.08. The van der Waals surface area contributed by atoms with E-state index < -0.39 is 11.5 Å². The Labute approximate surface area is 146 Å². The van der Waals surface area contributed by atoms with Gasteiger partial charge in [-0.15, -0.1) is 0 Å². The number of benzene rings is 1. The van der Waals surface area contributed by atoms with Crippen LogP contribution in [0.25, 0.3) is 0 Å². The summed E-state index contributed by atoms with van der Waals surface area (Å²) in [4.78, 5) is 12.0. The molecule has 1 aliphatic heterocycles. The molecule has 0 saturated carbocycles. The highest BCUT2D eigenvalue weighted by molar-refractivity contribution is 6.38. The van der Waals surface area contributed by atoms with Crippen LogP contribution in [0.1, 0.15) is 27.2 Å². The van der Waals surface area contributed by atoms with E-state index in [-0.39, 0.29) is 0 Å². The van der Waals surface area contributed by atoms with Crippen molar-refractivity contribution in [2.45, 2.75) is 32.7 Å². The molecule has 0 amide bonds. The number of hydrogen-bond acceptors (Lipinski definition) is 5.